The van der Waals surface area contributed by atoms with E-state index in [0.717, 1.165) is 16.9 Å². The fourth-order valence-electron chi connectivity index (χ4n) is 4.66. The molecule has 9 nitrogen and oxygen atoms in total. The van der Waals surface area contributed by atoms with Crippen LogP contribution in [-0.4, -0.2) is 82.8 Å². The number of amides is 1. The zero-order valence-corrected chi connectivity index (χ0v) is 23.4. The first kappa shape index (κ1) is 28.9. The molecule has 1 unspecified atom stereocenters. The summed E-state index contributed by atoms with van der Waals surface area (Å²) in [6.07, 6.45) is -0.223. The van der Waals surface area contributed by atoms with Crippen molar-refractivity contribution in [2.24, 2.45) is 0 Å². The quantitative estimate of drug-likeness (QED) is 0.330. The maximum atomic E-state index is 13.3. The molecular formula is C31H36N2O7. The van der Waals surface area contributed by atoms with Crippen LogP contribution in [0.2, 0.25) is 0 Å². The summed E-state index contributed by atoms with van der Waals surface area (Å²) in [6, 6.07) is 20.3. The molecule has 1 atom stereocenters. The third-order valence-electron chi connectivity index (χ3n) is 7.01. The number of rotatable bonds is 11. The molecule has 0 aliphatic carbocycles. The Morgan fingerprint density at radius 1 is 0.800 bits per heavy atom. The number of carbonyl (C=O) groups is 2. The highest BCUT2D eigenvalue weighted by Gasteiger charge is 2.27. The van der Waals surface area contributed by atoms with E-state index in [9.17, 15) is 9.59 Å². The minimum atomic E-state index is -0.371. The van der Waals surface area contributed by atoms with E-state index in [1.165, 1.54) is 7.11 Å². The van der Waals surface area contributed by atoms with Crippen LogP contribution in [0.4, 0.5) is 0 Å². The molecule has 9 heteroatoms. The molecule has 1 heterocycles. The molecule has 0 N–H and O–H groups in total. The van der Waals surface area contributed by atoms with Crippen molar-refractivity contribution in [2.45, 2.75) is 12.7 Å². The van der Waals surface area contributed by atoms with Gasteiger partial charge >= 0.3 is 5.97 Å². The number of methoxy groups -OCH3 is 4. The smallest absolute Gasteiger partial charge is 0.337 e. The van der Waals surface area contributed by atoms with Gasteiger partial charge in [-0.15, -0.1) is 0 Å². The first-order valence-electron chi connectivity index (χ1n) is 13.1. The van der Waals surface area contributed by atoms with E-state index in [4.69, 9.17) is 23.7 Å². The zero-order valence-electron chi connectivity index (χ0n) is 23.4. The van der Waals surface area contributed by atoms with Crippen LogP contribution in [0.5, 0.6) is 17.2 Å². The van der Waals surface area contributed by atoms with Crippen LogP contribution >= 0.6 is 0 Å². The number of benzene rings is 3. The molecule has 1 fully saturated rings. The number of piperazine rings is 1. The predicted octanol–water partition coefficient (Wildman–Crippen LogP) is 4.21. The van der Waals surface area contributed by atoms with E-state index in [2.05, 4.69) is 4.90 Å². The molecule has 1 aliphatic rings. The van der Waals surface area contributed by atoms with E-state index < -0.39 is 0 Å². The summed E-state index contributed by atoms with van der Waals surface area (Å²) in [7, 11) is 6.14. The van der Waals surface area contributed by atoms with Gasteiger partial charge in [0.1, 0.15) is 17.2 Å². The fraction of sp³-hybridized carbons (Fsp3) is 0.355. The number of hydrogen-bond acceptors (Lipinski definition) is 8. The Morgan fingerprint density at radius 3 is 2.15 bits per heavy atom. The predicted molar refractivity (Wildman–Crippen MR) is 150 cm³/mol. The number of nitrogens with zero attached hydrogens (tertiary/aromatic N) is 2. The Bertz CT molecular complexity index is 1290. The summed E-state index contributed by atoms with van der Waals surface area (Å²) in [6.45, 7) is 3.63. The zero-order chi connectivity index (χ0) is 28.5. The van der Waals surface area contributed by atoms with Crippen molar-refractivity contribution in [1.82, 2.24) is 9.80 Å². The van der Waals surface area contributed by atoms with Gasteiger partial charge in [0.05, 0.1) is 52.3 Å². The van der Waals surface area contributed by atoms with Crippen molar-refractivity contribution in [2.75, 3.05) is 61.2 Å². The van der Waals surface area contributed by atoms with Crippen molar-refractivity contribution in [3.8, 4) is 17.2 Å². The lowest BCUT2D eigenvalue weighted by Crippen LogP contribution is -2.49. The summed E-state index contributed by atoms with van der Waals surface area (Å²) >= 11 is 0. The van der Waals surface area contributed by atoms with Crippen molar-refractivity contribution in [3.05, 3.63) is 89.0 Å². The average molecular weight is 549 g/mol. The Hall–Kier alpha value is -4.08. The lowest BCUT2D eigenvalue weighted by atomic mass is 10.1. The molecule has 0 bridgehead atoms. The molecule has 0 saturated carbocycles. The van der Waals surface area contributed by atoms with Gasteiger partial charge in [0, 0.05) is 38.8 Å². The Morgan fingerprint density at radius 2 is 1.50 bits per heavy atom. The van der Waals surface area contributed by atoms with Crippen LogP contribution < -0.4 is 14.2 Å². The van der Waals surface area contributed by atoms with Gasteiger partial charge < -0.3 is 28.6 Å². The van der Waals surface area contributed by atoms with Gasteiger partial charge in [-0.2, -0.15) is 0 Å². The van der Waals surface area contributed by atoms with Gasteiger partial charge in [0.25, 0.3) is 5.91 Å². The Labute approximate surface area is 235 Å². The van der Waals surface area contributed by atoms with Crippen LogP contribution in [0.15, 0.2) is 66.7 Å². The van der Waals surface area contributed by atoms with E-state index >= 15 is 0 Å². The van der Waals surface area contributed by atoms with Crippen molar-refractivity contribution in [1.29, 1.82) is 0 Å². The third kappa shape index (κ3) is 7.11. The molecule has 3 aromatic rings. The van der Waals surface area contributed by atoms with E-state index in [0.29, 0.717) is 62.0 Å². The van der Waals surface area contributed by atoms with E-state index in [-0.39, 0.29) is 18.0 Å². The standard InChI is InChI=1S/C31H36N2O7/c1-36-25-7-5-6-24(18-25)29(40-21-22-8-10-23(11-9-22)31(35)39-4)20-32-14-16-33(17-15-32)30(34)27-13-12-26(37-2)19-28(27)38-3/h5-13,18-19,29H,14-17,20-21H2,1-4H3. The maximum Gasteiger partial charge on any atom is 0.337 e. The van der Waals surface area contributed by atoms with E-state index in [1.54, 1.807) is 51.7 Å². The Kier molecular flexibility index (Phi) is 9.99. The van der Waals surface area contributed by atoms with Crippen LogP contribution in [0.3, 0.4) is 0 Å². The second-order valence-corrected chi connectivity index (χ2v) is 9.42. The molecule has 212 valence electrons. The van der Waals surface area contributed by atoms with Crippen molar-refractivity contribution in [3.63, 3.8) is 0 Å². The van der Waals surface area contributed by atoms with Crippen LogP contribution in [0.1, 0.15) is 37.9 Å². The van der Waals surface area contributed by atoms with Gasteiger partial charge in [-0.05, 0) is 47.5 Å². The number of carbonyl (C=O) groups excluding carboxylic acids is 2. The number of esters is 1. The largest absolute Gasteiger partial charge is 0.497 e. The van der Waals surface area contributed by atoms with Gasteiger partial charge in [-0.1, -0.05) is 24.3 Å². The van der Waals surface area contributed by atoms with Crippen LogP contribution in [-0.2, 0) is 16.1 Å². The second kappa shape index (κ2) is 13.8. The summed E-state index contributed by atoms with van der Waals surface area (Å²) in [5, 5.41) is 0. The van der Waals surface area contributed by atoms with E-state index in [1.807, 2.05) is 41.3 Å². The Balaban J connectivity index is 1.41. The van der Waals surface area contributed by atoms with Crippen LogP contribution in [0.25, 0.3) is 0 Å². The normalized spacial score (nSPS) is 14.3. The fourth-order valence-corrected chi connectivity index (χ4v) is 4.66. The highest BCUT2D eigenvalue weighted by Crippen LogP contribution is 2.28. The van der Waals surface area contributed by atoms with Crippen molar-refractivity contribution >= 4 is 11.9 Å². The number of hydrogen-bond donors (Lipinski definition) is 0. The molecule has 0 radical (unpaired) electrons. The summed E-state index contributed by atoms with van der Waals surface area (Å²) < 4.78 is 27.3. The van der Waals surface area contributed by atoms with Gasteiger partial charge in [-0.25, -0.2) is 4.79 Å². The van der Waals surface area contributed by atoms with Gasteiger partial charge in [-0.3, -0.25) is 9.69 Å². The molecule has 0 spiro atoms. The minimum Gasteiger partial charge on any atom is -0.497 e. The molecule has 1 amide bonds. The molecule has 40 heavy (non-hydrogen) atoms. The monoisotopic (exact) mass is 548 g/mol. The molecule has 3 aromatic carbocycles. The highest BCUT2D eigenvalue weighted by atomic mass is 16.5. The SMILES string of the molecule is COC(=O)c1ccc(COC(CN2CCN(C(=O)c3ccc(OC)cc3OC)CC2)c2cccc(OC)c2)cc1. The summed E-state index contributed by atoms with van der Waals surface area (Å²) in [5.74, 6) is 1.47. The summed E-state index contributed by atoms with van der Waals surface area (Å²) in [4.78, 5) is 29.2. The molecule has 1 aliphatic heterocycles. The first-order chi connectivity index (χ1) is 19.4. The molecule has 1 saturated heterocycles. The minimum absolute atomic E-state index is 0.0600. The average Bonchev–Trinajstić information content (AvgIpc) is 3.02. The van der Waals surface area contributed by atoms with Crippen molar-refractivity contribution < 1.29 is 33.3 Å². The number of ether oxygens (including phenoxy) is 5. The maximum absolute atomic E-state index is 13.3. The first-order valence-corrected chi connectivity index (χ1v) is 13.1. The molecular weight excluding hydrogens is 512 g/mol. The molecule has 4 rings (SSSR count). The second-order valence-electron chi connectivity index (χ2n) is 9.42. The van der Waals surface area contributed by atoms with Crippen LogP contribution in [0, 0.1) is 0 Å². The summed E-state index contributed by atoms with van der Waals surface area (Å²) in [5.41, 5.74) is 2.97. The topological polar surface area (TPSA) is 86.8 Å². The third-order valence-corrected chi connectivity index (χ3v) is 7.01. The highest BCUT2D eigenvalue weighted by molar-refractivity contribution is 5.97. The lowest BCUT2D eigenvalue weighted by molar-refractivity contribution is 0.00329. The lowest BCUT2D eigenvalue weighted by Gasteiger charge is -2.36. The van der Waals surface area contributed by atoms with Gasteiger partial charge in [0.2, 0.25) is 0 Å². The van der Waals surface area contributed by atoms with Gasteiger partial charge in [0.15, 0.2) is 0 Å². The molecule has 0 aromatic heterocycles.